The quantitative estimate of drug-likeness (QED) is 0.856. The second-order valence-electron chi connectivity index (χ2n) is 5.90. The summed E-state index contributed by atoms with van der Waals surface area (Å²) in [5.41, 5.74) is 6.51. The molecule has 0 unspecified atom stereocenters. The number of rotatable bonds is 5. The molecule has 1 fully saturated rings. The zero-order valence-corrected chi connectivity index (χ0v) is 13.9. The molecule has 1 aliphatic rings. The Labute approximate surface area is 135 Å². The van der Waals surface area contributed by atoms with E-state index in [0.29, 0.717) is 19.6 Å². The van der Waals surface area contributed by atoms with E-state index in [-0.39, 0.29) is 17.9 Å². The van der Waals surface area contributed by atoms with Gasteiger partial charge in [-0.05, 0) is 49.3 Å². The summed E-state index contributed by atoms with van der Waals surface area (Å²) in [5, 5.41) is 7.17. The van der Waals surface area contributed by atoms with Crippen LogP contribution in [0.2, 0.25) is 0 Å². The first-order valence-electron chi connectivity index (χ1n) is 7.49. The first-order chi connectivity index (χ1) is 10.5. The SMILES string of the molecule is CN(C)[C@H](CNC(=O)[C@@H]1CCCN(C(N)=O)C1)c1ccsc1. The maximum atomic E-state index is 12.4. The Morgan fingerprint density at radius 1 is 1.55 bits per heavy atom. The smallest absolute Gasteiger partial charge is 0.314 e. The van der Waals surface area contributed by atoms with Crippen LogP contribution >= 0.6 is 11.3 Å². The number of hydrogen-bond acceptors (Lipinski definition) is 4. The highest BCUT2D eigenvalue weighted by Crippen LogP contribution is 2.21. The summed E-state index contributed by atoms with van der Waals surface area (Å²) in [6, 6.07) is 1.80. The van der Waals surface area contributed by atoms with Gasteiger partial charge >= 0.3 is 6.03 Å². The highest BCUT2D eigenvalue weighted by molar-refractivity contribution is 7.07. The van der Waals surface area contributed by atoms with Crippen molar-refractivity contribution >= 4 is 23.3 Å². The second kappa shape index (κ2) is 7.60. The molecule has 1 aromatic rings. The predicted molar refractivity (Wildman–Crippen MR) is 87.6 cm³/mol. The summed E-state index contributed by atoms with van der Waals surface area (Å²) in [6.45, 7) is 1.64. The van der Waals surface area contributed by atoms with Crippen LogP contribution in [0.4, 0.5) is 4.79 Å². The molecule has 0 radical (unpaired) electrons. The van der Waals surface area contributed by atoms with Gasteiger partial charge in [0.2, 0.25) is 5.91 Å². The van der Waals surface area contributed by atoms with Crippen molar-refractivity contribution in [3.8, 4) is 0 Å². The van der Waals surface area contributed by atoms with Crippen molar-refractivity contribution in [2.75, 3.05) is 33.7 Å². The van der Waals surface area contributed by atoms with Crippen LogP contribution in [0.5, 0.6) is 0 Å². The minimum Gasteiger partial charge on any atom is -0.354 e. The molecule has 6 nitrogen and oxygen atoms in total. The number of thiophene rings is 1. The van der Waals surface area contributed by atoms with Gasteiger partial charge in [0.25, 0.3) is 0 Å². The average molecular weight is 324 g/mol. The van der Waals surface area contributed by atoms with E-state index < -0.39 is 6.03 Å². The third-order valence-corrected chi connectivity index (χ3v) is 4.83. The fourth-order valence-electron chi connectivity index (χ4n) is 2.80. The van der Waals surface area contributed by atoms with E-state index in [2.05, 4.69) is 21.7 Å². The molecular weight excluding hydrogens is 300 g/mol. The maximum Gasteiger partial charge on any atom is 0.314 e. The lowest BCUT2D eigenvalue weighted by Crippen LogP contribution is -2.48. The highest BCUT2D eigenvalue weighted by atomic mass is 32.1. The molecule has 0 bridgehead atoms. The Morgan fingerprint density at radius 2 is 2.32 bits per heavy atom. The molecule has 0 aliphatic carbocycles. The van der Waals surface area contributed by atoms with Crippen LogP contribution < -0.4 is 11.1 Å². The molecule has 7 heteroatoms. The van der Waals surface area contributed by atoms with E-state index in [1.807, 2.05) is 19.5 Å². The van der Waals surface area contributed by atoms with Crippen molar-refractivity contribution in [2.45, 2.75) is 18.9 Å². The molecule has 3 N–H and O–H groups in total. The fourth-order valence-corrected chi connectivity index (χ4v) is 3.50. The lowest BCUT2D eigenvalue weighted by molar-refractivity contribution is -0.126. The Hall–Kier alpha value is -1.60. The monoisotopic (exact) mass is 324 g/mol. The number of nitrogens with one attached hydrogen (secondary N) is 1. The molecule has 1 aromatic heterocycles. The van der Waals surface area contributed by atoms with Crippen LogP contribution in [-0.4, -0.2) is 55.5 Å². The van der Waals surface area contributed by atoms with Crippen LogP contribution in [0.15, 0.2) is 16.8 Å². The van der Waals surface area contributed by atoms with Crippen molar-refractivity contribution < 1.29 is 9.59 Å². The number of amides is 3. The zero-order valence-electron chi connectivity index (χ0n) is 13.1. The third kappa shape index (κ3) is 4.20. The number of primary amides is 1. The normalized spacial score (nSPS) is 20.0. The van der Waals surface area contributed by atoms with E-state index >= 15 is 0 Å². The lowest BCUT2D eigenvalue weighted by atomic mass is 9.97. The van der Waals surface area contributed by atoms with Gasteiger partial charge in [0, 0.05) is 19.6 Å². The van der Waals surface area contributed by atoms with Gasteiger partial charge in [0.1, 0.15) is 0 Å². The molecular formula is C15H24N4O2S. The molecule has 0 aromatic carbocycles. The first kappa shape index (κ1) is 16.8. The lowest BCUT2D eigenvalue weighted by Gasteiger charge is -2.31. The van der Waals surface area contributed by atoms with E-state index in [1.54, 1.807) is 16.2 Å². The minimum absolute atomic E-state index is 0.00743. The molecule has 1 aliphatic heterocycles. The Balaban J connectivity index is 1.89. The van der Waals surface area contributed by atoms with Crippen LogP contribution in [-0.2, 0) is 4.79 Å². The number of likely N-dealkylation sites (tertiary alicyclic amines) is 1. The first-order valence-corrected chi connectivity index (χ1v) is 8.44. The Kier molecular flexibility index (Phi) is 5.79. The van der Waals surface area contributed by atoms with Gasteiger partial charge in [-0.25, -0.2) is 4.79 Å². The molecule has 2 heterocycles. The number of carbonyl (C=O) groups excluding carboxylic acids is 2. The van der Waals surface area contributed by atoms with Crippen LogP contribution in [0.1, 0.15) is 24.4 Å². The standard InChI is InChI=1S/C15H24N4O2S/c1-18(2)13(12-5-7-22-10-12)8-17-14(20)11-4-3-6-19(9-11)15(16)21/h5,7,10-11,13H,3-4,6,8-9H2,1-2H3,(H2,16,21)(H,17,20)/t11-,13-/m1/s1. The number of hydrogen-bond donors (Lipinski definition) is 2. The molecule has 2 atom stereocenters. The van der Waals surface area contributed by atoms with Crippen molar-refractivity contribution in [3.63, 3.8) is 0 Å². The number of piperidine rings is 1. The molecule has 0 saturated carbocycles. The third-order valence-electron chi connectivity index (χ3n) is 4.12. The minimum atomic E-state index is -0.443. The summed E-state index contributed by atoms with van der Waals surface area (Å²) in [4.78, 5) is 27.2. The molecule has 1 saturated heterocycles. The van der Waals surface area contributed by atoms with Gasteiger partial charge in [-0.1, -0.05) is 0 Å². The van der Waals surface area contributed by atoms with Gasteiger partial charge in [0.05, 0.1) is 12.0 Å². The summed E-state index contributed by atoms with van der Waals surface area (Å²) >= 11 is 1.65. The molecule has 122 valence electrons. The number of likely N-dealkylation sites (N-methyl/N-ethyl adjacent to an activating group) is 1. The van der Waals surface area contributed by atoms with Crippen molar-refractivity contribution in [1.82, 2.24) is 15.1 Å². The van der Waals surface area contributed by atoms with E-state index in [0.717, 1.165) is 12.8 Å². The number of urea groups is 1. The average Bonchev–Trinajstić information content (AvgIpc) is 3.01. The summed E-state index contributed by atoms with van der Waals surface area (Å²) < 4.78 is 0. The zero-order chi connectivity index (χ0) is 16.1. The predicted octanol–water partition coefficient (Wildman–Crippen LogP) is 1.26. The summed E-state index contributed by atoms with van der Waals surface area (Å²) in [5.74, 6) is -0.153. The fraction of sp³-hybridized carbons (Fsp3) is 0.600. The van der Waals surface area contributed by atoms with Gasteiger partial charge < -0.3 is 20.9 Å². The van der Waals surface area contributed by atoms with Crippen molar-refractivity contribution in [1.29, 1.82) is 0 Å². The van der Waals surface area contributed by atoms with Gasteiger partial charge in [-0.15, -0.1) is 0 Å². The van der Waals surface area contributed by atoms with E-state index in [9.17, 15) is 9.59 Å². The number of nitrogens with two attached hydrogens (primary N) is 1. The second-order valence-corrected chi connectivity index (χ2v) is 6.68. The van der Waals surface area contributed by atoms with Crippen LogP contribution in [0.25, 0.3) is 0 Å². The van der Waals surface area contributed by atoms with Crippen LogP contribution in [0, 0.1) is 5.92 Å². The van der Waals surface area contributed by atoms with Crippen molar-refractivity contribution in [2.24, 2.45) is 11.7 Å². The Morgan fingerprint density at radius 3 is 2.91 bits per heavy atom. The van der Waals surface area contributed by atoms with Crippen LogP contribution in [0.3, 0.4) is 0 Å². The van der Waals surface area contributed by atoms with E-state index in [4.69, 9.17) is 5.73 Å². The topological polar surface area (TPSA) is 78.7 Å². The molecule has 22 heavy (non-hydrogen) atoms. The Bertz CT molecular complexity index is 504. The molecule has 2 rings (SSSR count). The molecule has 0 spiro atoms. The van der Waals surface area contributed by atoms with Gasteiger partial charge in [0.15, 0.2) is 0 Å². The van der Waals surface area contributed by atoms with Gasteiger partial charge in [-0.2, -0.15) is 11.3 Å². The van der Waals surface area contributed by atoms with Gasteiger partial charge in [-0.3, -0.25) is 4.79 Å². The summed E-state index contributed by atoms with van der Waals surface area (Å²) in [6.07, 6.45) is 1.63. The summed E-state index contributed by atoms with van der Waals surface area (Å²) in [7, 11) is 4.01. The highest BCUT2D eigenvalue weighted by Gasteiger charge is 2.28. The van der Waals surface area contributed by atoms with E-state index in [1.165, 1.54) is 5.56 Å². The van der Waals surface area contributed by atoms with Crippen molar-refractivity contribution in [3.05, 3.63) is 22.4 Å². The maximum absolute atomic E-state index is 12.4. The largest absolute Gasteiger partial charge is 0.354 e. The number of nitrogens with zero attached hydrogens (tertiary/aromatic N) is 2. The number of carbonyl (C=O) groups is 2. The molecule has 3 amide bonds.